The van der Waals surface area contributed by atoms with Crippen molar-refractivity contribution in [2.45, 2.75) is 25.7 Å². The van der Waals surface area contributed by atoms with Gasteiger partial charge in [-0.05, 0) is 24.5 Å². The number of thiophene rings is 1. The van der Waals surface area contributed by atoms with Gasteiger partial charge in [0.25, 0.3) is 5.91 Å². The molecule has 0 saturated carbocycles. The van der Waals surface area contributed by atoms with Crippen LogP contribution in [0.2, 0.25) is 0 Å². The molecular weight excluding hydrogens is 286 g/mol. The lowest BCUT2D eigenvalue weighted by atomic mass is 9.89. The van der Waals surface area contributed by atoms with Gasteiger partial charge in [-0.1, -0.05) is 6.07 Å². The molecule has 5 nitrogen and oxygen atoms in total. The van der Waals surface area contributed by atoms with Crippen LogP contribution in [0.3, 0.4) is 0 Å². The molecule has 1 saturated heterocycles. The Morgan fingerprint density at radius 1 is 1.48 bits per heavy atom. The summed E-state index contributed by atoms with van der Waals surface area (Å²) in [6, 6.07) is 3.85. The average Bonchev–Trinajstić information content (AvgIpc) is 2.87. The summed E-state index contributed by atoms with van der Waals surface area (Å²) in [6.45, 7) is 3.03. The summed E-state index contributed by atoms with van der Waals surface area (Å²) in [6.07, 6.45) is 3.63. The maximum atomic E-state index is 11.8. The standard InChI is InChI=1S/C15H17N3O2S/c1-9(19)18-7-3-4-10(8-18)12-11-5-2-6-17-15(11)21-13(12)14(16)20/h2,5-6,10H,3-4,7-8H2,1H3,(H2,16,20). The molecule has 0 aliphatic carbocycles. The van der Waals surface area contributed by atoms with Gasteiger partial charge in [-0.2, -0.15) is 0 Å². The molecule has 2 aromatic rings. The van der Waals surface area contributed by atoms with Crippen LogP contribution in [0.5, 0.6) is 0 Å². The van der Waals surface area contributed by atoms with Crippen molar-refractivity contribution < 1.29 is 9.59 Å². The van der Waals surface area contributed by atoms with Gasteiger partial charge in [0.1, 0.15) is 4.83 Å². The van der Waals surface area contributed by atoms with Gasteiger partial charge in [-0.3, -0.25) is 9.59 Å². The van der Waals surface area contributed by atoms with E-state index in [0.717, 1.165) is 35.2 Å². The van der Waals surface area contributed by atoms with Gasteiger partial charge in [-0.15, -0.1) is 11.3 Å². The zero-order chi connectivity index (χ0) is 15.0. The number of piperidine rings is 1. The van der Waals surface area contributed by atoms with Crippen molar-refractivity contribution in [3.05, 3.63) is 28.8 Å². The topological polar surface area (TPSA) is 76.3 Å². The third-order valence-corrected chi connectivity index (χ3v) is 5.15. The second-order valence-corrected chi connectivity index (χ2v) is 6.37. The molecule has 3 heterocycles. The lowest BCUT2D eigenvalue weighted by Crippen LogP contribution is -2.38. The summed E-state index contributed by atoms with van der Waals surface area (Å²) in [5.74, 6) is -0.172. The monoisotopic (exact) mass is 303 g/mol. The number of carbonyl (C=O) groups is 2. The van der Waals surface area contributed by atoms with Gasteiger partial charge in [0.15, 0.2) is 0 Å². The minimum atomic E-state index is -0.409. The molecule has 1 aliphatic rings. The van der Waals surface area contributed by atoms with Crippen LogP contribution < -0.4 is 5.73 Å². The quantitative estimate of drug-likeness (QED) is 0.923. The van der Waals surface area contributed by atoms with Crippen molar-refractivity contribution in [3.63, 3.8) is 0 Å². The highest BCUT2D eigenvalue weighted by Gasteiger charge is 2.29. The van der Waals surface area contributed by atoms with Gasteiger partial charge in [-0.25, -0.2) is 4.98 Å². The molecule has 0 radical (unpaired) electrons. The maximum Gasteiger partial charge on any atom is 0.259 e. The lowest BCUT2D eigenvalue weighted by molar-refractivity contribution is -0.130. The van der Waals surface area contributed by atoms with Gasteiger partial charge < -0.3 is 10.6 Å². The van der Waals surface area contributed by atoms with E-state index in [0.29, 0.717) is 11.4 Å². The first-order valence-corrected chi connectivity index (χ1v) is 7.82. The summed E-state index contributed by atoms with van der Waals surface area (Å²) in [4.78, 5) is 31.0. The minimum Gasteiger partial charge on any atom is -0.365 e. The predicted molar refractivity (Wildman–Crippen MR) is 82.4 cm³/mol. The lowest BCUT2D eigenvalue weighted by Gasteiger charge is -2.32. The number of pyridine rings is 1. The molecule has 2 N–H and O–H groups in total. The van der Waals surface area contributed by atoms with Crippen molar-refractivity contribution >= 4 is 33.4 Å². The number of fused-ring (bicyclic) bond motifs is 1. The van der Waals surface area contributed by atoms with Crippen molar-refractivity contribution in [3.8, 4) is 0 Å². The number of hydrogen-bond acceptors (Lipinski definition) is 4. The average molecular weight is 303 g/mol. The highest BCUT2D eigenvalue weighted by atomic mass is 32.1. The van der Waals surface area contributed by atoms with Crippen LogP contribution in [0.1, 0.15) is 40.9 Å². The van der Waals surface area contributed by atoms with E-state index in [1.54, 1.807) is 13.1 Å². The summed E-state index contributed by atoms with van der Waals surface area (Å²) < 4.78 is 0. The molecule has 21 heavy (non-hydrogen) atoms. The van der Waals surface area contributed by atoms with E-state index < -0.39 is 5.91 Å². The van der Waals surface area contributed by atoms with Crippen LogP contribution in [-0.4, -0.2) is 34.8 Å². The fraction of sp³-hybridized carbons (Fsp3) is 0.400. The van der Waals surface area contributed by atoms with Crippen LogP contribution in [0, 0.1) is 0 Å². The Kier molecular flexibility index (Phi) is 3.63. The fourth-order valence-electron chi connectivity index (χ4n) is 3.04. The molecule has 110 valence electrons. The normalized spacial score (nSPS) is 18.9. The number of nitrogens with zero attached hydrogens (tertiary/aromatic N) is 2. The van der Waals surface area contributed by atoms with Crippen molar-refractivity contribution in [1.82, 2.24) is 9.88 Å². The van der Waals surface area contributed by atoms with Crippen LogP contribution in [0.25, 0.3) is 10.2 Å². The Morgan fingerprint density at radius 2 is 2.29 bits per heavy atom. The zero-order valence-corrected chi connectivity index (χ0v) is 12.7. The number of amides is 2. The molecule has 0 bridgehead atoms. The van der Waals surface area contributed by atoms with E-state index in [9.17, 15) is 9.59 Å². The first-order valence-electron chi connectivity index (χ1n) is 7.00. The second-order valence-electron chi connectivity index (χ2n) is 5.37. The second kappa shape index (κ2) is 5.44. The number of carbonyl (C=O) groups excluding carboxylic acids is 2. The van der Waals surface area contributed by atoms with Crippen LogP contribution in [0.4, 0.5) is 0 Å². The molecule has 1 aliphatic heterocycles. The summed E-state index contributed by atoms with van der Waals surface area (Å²) in [5.41, 5.74) is 6.52. The van der Waals surface area contributed by atoms with Crippen molar-refractivity contribution in [1.29, 1.82) is 0 Å². The van der Waals surface area contributed by atoms with E-state index >= 15 is 0 Å². The third kappa shape index (κ3) is 2.51. The van der Waals surface area contributed by atoms with Crippen molar-refractivity contribution in [2.24, 2.45) is 5.73 Å². The number of rotatable bonds is 2. The highest BCUT2D eigenvalue weighted by Crippen LogP contribution is 2.38. The molecule has 0 spiro atoms. The Morgan fingerprint density at radius 3 is 3.00 bits per heavy atom. The van der Waals surface area contributed by atoms with Crippen molar-refractivity contribution in [2.75, 3.05) is 13.1 Å². The largest absolute Gasteiger partial charge is 0.365 e. The number of nitrogens with two attached hydrogens (primary N) is 1. The van der Waals surface area contributed by atoms with E-state index in [-0.39, 0.29) is 11.8 Å². The Balaban J connectivity index is 2.08. The Hall–Kier alpha value is -1.95. The third-order valence-electron chi connectivity index (χ3n) is 4.00. The molecule has 1 atom stereocenters. The summed E-state index contributed by atoms with van der Waals surface area (Å²) >= 11 is 1.35. The van der Waals surface area contributed by atoms with Gasteiger partial charge >= 0.3 is 0 Å². The number of likely N-dealkylation sites (tertiary alicyclic amines) is 1. The molecule has 2 amide bonds. The number of aromatic nitrogens is 1. The first kappa shape index (κ1) is 14.0. The Bertz CT molecular complexity index is 710. The predicted octanol–water partition coefficient (Wildman–Crippen LogP) is 2.12. The number of hydrogen-bond donors (Lipinski definition) is 1. The Labute approximate surface area is 126 Å². The fourth-order valence-corrected chi connectivity index (χ4v) is 4.12. The SMILES string of the molecule is CC(=O)N1CCCC(c2c(C(N)=O)sc3ncccc23)C1. The van der Waals surface area contributed by atoms with E-state index in [4.69, 9.17) is 5.73 Å². The molecule has 1 unspecified atom stereocenters. The molecular formula is C15H17N3O2S. The van der Waals surface area contributed by atoms with Gasteiger partial charge in [0.05, 0.1) is 4.88 Å². The molecule has 2 aromatic heterocycles. The minimum absolute atomic E-state index is 0.0815. The summed E-state index contributed by atoms with van der Waals surface area (Å²) in [5, 5.41) is 0.992. The molecule has 1 fully saturated rings. The highest BCUT2D eigenvalue weighted by molar-refractivity contribution is 7.20. The first-order chi connectivity index (χ1) is 10.1. The van der Waals surface area contributed by atoms with Gasteiger partial charge in [0, 0.05) is 37.5 Å². The van der Waals surface area contributed by atoms with Gasteiger partial charge in [0.2, 0.25) is 5.91 Å². The smallest absolute Gasteiger partial charge is 0.259 e. The zero-order valence-electron chi connectivity index (χ0n) is 11.8. The molecule has 6 heteroatoms. The van der Waals surface area contributed by atoms with E-state index in [2.05, 4.69) is 4.98 Å². The van der Waals surface area contributed by atoms with E-state index in [1.165, 1.54) is 11.3 Å². The van der Waals surface area contributed by atoms with Crippen LogP contribution >= 0.6 is 11.3 Å². The van der Waals surface area contributed by atoms with Crippen LogP contribution in [-0.2, 0) is 4.79 Å². The maximum absolute atomic E-state index is 11.8. The summed E-state index contributed by atoms with van der Waals surface area (Å²) in [7, 11) is 0. The molecule has 0 aromatic carbocycles. The van der Waals surface area contributed by atoms with Crippen LogP contribution in [0.15, 0.2) is 18.3 Å². The number of primary amides is 1. The molecule has 3 rings (SSSR count). The van der Waals surface area contributed by atoms with E-state index in [1.807, 2.05) is 17.0 Å².